The van der Waals surface area contributed by atoms with Crippen molar-refractivity contribution in [2.24, 2.45) is 0 Å². The number of pyridine rings is 1. The van der Waals surface area contributed by atoms with E-state index in [1.54, 1.807) is 20.4 Å². The second-order valence-electron chi connectivity index (χ2n) is 4.41. The maximum Gasteiger partial charge on any atom is 0.164 e. The Bertz CT molecular complexity index is 763. The molecule has 0 saturated heterocycles. The Morgan fingerprint density at radius 3 is 2.48 bits per heavy atom. The Morgan fingerprint density at radius 2 is 1.86 bits per heavy atom. The lowest BCUT2D eigenvalue weighted by molar-refractivity contribution is 0.394. The van der Waals surface area contributed by atoms with Crippen LogP contribution in [0.4, 0.5) is 0 Å². The lowest BCUT2D eigenvalue weighted by atomic mass is 10.2. The number of hydrogen-bond donors (Lipinski definition) is 0. The number of halogens is 1. The summed E-state index contributed by atoms with van der Waals surface area (Å²) in [5.41, 5.74) is 2.40. The molecule has 0 atom stereocenters. The molecule has 0 unspecified atom stereocenters. The summed E-state index contributed by atoms with van der Waals surface area (Å²) in [6.45, 7) is 0. The van der Waals surface area contributed by atoms with Crippen LogP contribution in [0.1, 0.15) is 5.82 Å². The van der Waals surface area contributed by atoms with Crippen molar-refractivity contribution in [3.63, 3.8) is 0 Å². The van der Waals surface area contributed by atoms with Crippen LogP contribution in [0.3, 0.4) is 0 Å². The van der Waals surface area contributed by atoms with Gasteiger partial charge in [0.05, 0.1) is 25.8 Å². The molecule has 0 aliphatic carbocycles. The van der Waals surface area contributed by atoms with Crippen molar-refractivity contribution in [1.29, 1.82) is 0 Å². The molecule has 3 rings (SSSR count). The molecule has 0 amide bonds. The molecule has 0 spiro atoms. The van der Waals surface area contributed by atoms with E-state index >= 15 is 0 Å². The van der Waals surface area contributed by atoms with E-state index in [4.69, 9.17) is 21.1 Å². The zero-order valence-electron chi connectivity index (χ0n) is 11.7. The van der Waals surface area contributed by atoms with E-state index in [2.05, 4.69) is 9.97 Å². The third-order valence-corrected chi connectivity index (χ3v) is 3.44. The van der Waals surface area contributed by atoms with Crippen LogP contribution in [0.15, 0.2) is 36.5 Å². The number of aromatic nitrogens is 3. The summed E-state index contributed by atoms with van der Waals surface area (Å²) < 4.78 is 12.5. The monoisotopic (exact) mass is 303 g/mol. The van der Waals surface area contributed by atoms with Gasteiger partial charge < -0.3 is 9.47 Å². The van der Waals surface area contributed by atoms with E-state index < -0.39 is 0 Å². The van der Waals surface area contributed by atoms with Crippen molar-refractivity contribution in [2.75, 3.05) is 14.2 Å². The van der Waals surface area contributed by atoms with Crippen LogP contribution in [0.2, 0.25) is 0 Å². The molecular formula is C15H14ClN3O2. The van der Waals surface area contributed by atoms with Gasteiger partial charge in [-0.3, -0.25) is 4.57 Å². The molecule has 0 bridgehead atoms. The third-order valence-electron chi connectivity index (χ3n) is 3.20. The average Bonchev–Trinajstić information content (AvgIpc) is 2.92. The maximum atomic E-state index is 6.03. The number of alkyl halides is 1. The number of methoxy groups -OCH3 is 2. The number of benzene rings is 1. The highest BCUT2D eigenvalue weighted by atomic mass is 35.5. The van der Waals surface area contributed by atoms with Gasteiger partial charge in [0, 0.05) is 24.4 Å². The summed E-state index contributed by atoms with van der Waals surface area (Å²) in [6, 6.07) is 9.37. The highest BCUT2D eigenvalue weighted by Gasteiger charge is 2.14. The highest BCUT2D eigenvalue weighted by Crippen LogP contribution is 2.28. The van der Waals surface area contributed by atoms with E-state index in [9.17, 15) is 0 Å². The normalized spacial score (nSPS) is 10.8. The molecule has 0 aliphatic rings. The second kappa shape index (κ2) is 5.61. The van der Waals surface area contributed by atoms with Crippen LogP contribution in [0.5, 0.6) is 11.5 Å². The van der Waals surface area contributed by atoms with Crippen LogP contribution >= 0.6 is 11.6 Å². The van der Waals surface area contributed by atoms with Gasteiger partial charge >= 0.3 is 0 Å². The Labute approximate surface area is 127 Å². The molecule has 21 heavy (non-hydrogen) atoms. The number of nitrogens with zero attached hydrogens (tertiary/aromatic N) is 3. The van der Waals surface area contributed by atoms with Crippen molar-refractivity contribution in [1.82, 2.24) is 14.5 Å². The average molecular weight is 304 g/mol. The standard InChI is InChI=1S/C15H14ClN3O2/c1-20-11-6-10(7-12(8-11)21-2)19-14(9-16)18-13-4-3-5-17-15(13)19/h3-8H,9H2,1-2H3. The fraction of sp³-hybridized carbons (Fsp3) is 0.200. The summed E-state index contributed by atoms with van der Waals surface area (Å²) in [7, 11) is 3.23. The van der Waals surface area contributed by atoms with Gasteiger partial charge in [-0.05, 0) is 12.1 Å². The van der Waals surface area contributed by atoms with Gasteiger partial charge in [-0.25, -0.2) is 9.97 Å². The number of ether oxygens (including phenoxy) is 2. The summed E-state index contributed by atoms with van der Waals surface area (Å²) >= 11 is 6.03. The van der Waals surface area contributed by atoms with Crippen LogP contribution in [-0.2, 0) is 5.88 Å². The zero-order chi connectivity index (χ0) is 14.8. The lowest BCUT2D eigenvalue weighted by Gasteiger charge is -2.11. The van der Waals surface area contributed by atoms with E-state index in [1.165, 1.54) is 0 Å². The second-order valence-corrected chi connectivity index (χ2v) is 4.68. The number of fused-ring (bicyclic) bond motifs is 1. The maximum absolute atomic E-state index is 6.03. The first-order valence-electron chi connectivity index (χ1n) is 6.38. The largest absolute Gasteiger partial charge is 0.497 e. The topological polar surface area (TPSA) is 49.2 Å². The fourth-order valence-corrected chi connectivity index (χ4v) is 2.42. The summed E-state index contributed by atoms with van der Waals surface area (Å²) in [5.74, 6) is 2.40. The van der Waals surface area contributed by atoms with Gasteiger partial charge in [0.2, 0.25) is 0 Å². The van der Waals surface area contributed by atoms with E-state index in [-0.39, 0.29) is 5.88 Å². The van der Waals surface area contributed by atoms with Gasteiger partial charge in [-0.2, -0.15) is 0 Å². The first-order valence-corrected chi connectivity index (χ1v) is 6.92. The van der Waals surface area contributed by atoms with Crippen molar-refractivity contribution in [3.8, 4) is 17.2 Å². The number of imidazole rings is 1. The SMILES string of the molecule is COc1cc(OC)cc(-n2c(CCl)nc3cccnc32)c1. The minimum absolute atomic E-state index is 0.288. The van der Waals surface area contributed by atoms with Crippen molar-refractivity contribution in [2.45, 2.75) is 5.88 Å². The van der Waals surface area contributed by atoms with Gasteiger partial charge in [-0.15, -0.1) is 11.6 Å². The molecule has 0 radical (unpaired) electrons. The Balaban J connectivity index is 2.28. The quantitative estimate of drug-likeness (QED) is 0.695. The van der Waals surface area contributed by atoms with E-state index in [1.807, 2.05) is 34.9 Å². The Kier molecular flexibility index (Phi) is 3.66. The molecule has 3 aromatic rings. The first kappa shape index (κ1) is 13.7. The molecular weight excluding hydrogens is 290 g/mol. The molecule has 108 valence electrons. The summed E-state index contributed by atoms with van der Waals surface area (Å²) in [5, 5.41) is 0. The Morgan fingerprint density at radius 1 is 1.14 bits per heavy atom. The van der Waals surface area contributed by atoms with E-state index in [0.29, 0.717) is 11.5 Å². The molecule has 6 heteroatoms. The molecule has 1 aromatic carbocycles. The Hall–Kier alpha value is -2.27. The van der Waals surface area contributed by atoms with Crippen LogP contribution < -0.4 is 9.47 Å². The molecule has 0 aliphatic heterocycles. The minimum atomic E-state index is 0.288. The molecule has 0 N–H and O–H groups in total. The molecule has 5 nitrogen and oxygen atoms in total. The van der Waals surface area contributed by atoms with E-state index in [0.717, 1.165) is 22.7 Å². The molecule has 2 heterocycles. The number of hydrogen-bond acceptors (Lipinski definition) is 4. The van der Waals surface area contributed by atoms with Crippen LogP contribution in [0.25, 0.3) is 16.9 Å². The lowest BCUT2D eigenvalue weighted by Crippen LogP contribution is -2.01. The van der Waals surface area contributed by atoms with Gasteiger partial charge in [0.15, 0.2) is 5.65 Å². The smallest absolute Gasteiger partial charge is 0.164 e. The summed E-state index contributed by atoms with van der Waals surface area (Å²) in [6.07, 6.45) is 1.73. The molecule has 0 saturated carbocycles. The zero-order valence-corrected chi connectivity index (χ0v) is 12.5. The number of rotatable bonds is 4. The molecule has 0 fully saturated rings. The van der Waals surface area contributed by atoms with Gasteiger partial charge in [0.1, 0.15) is 22.8 Å². The van der Waals surface area contributed by atoms with Crippen LogP contribution in [0, 0.1) is 0 Å². The van der Waals surface area contributed by atoms with Crippen molar-refractivity contribution in [3.05, 3.63) is 42.4 Å². The predicted molar refractivity (Wildman–Crippen MR) is 81.5 cm³/mol. The van der Waals surface area contributed by atoms with Gasteiger partial charge in [0.25, 0.3) is 0 Å². The van der Waals surface area contributed by atoms with Gasteiger partial charge in [-0.1, -0.05) is 0 Å². The molecule has 2 aromatic heterocycles. The predicted octanol–water partition coefficient (Wildman–Crippen LogP) is 3.18. The summed E-state index contributed by atoms with van der Waals surface area (Å²) in [4.78, 5) is 8.90. The van der Waals surface area contributed by atoms with Crippen molar-refractivity contribution < 1.29 is 9.47 Å². The van der Waals surface area contributed by atoms with Crippen LogP contribution in [-0.4, -0.2) is 28.8 Å². The first-order chi connectivity index (χ1) is 10.3. The fourth-order valence-electron chi connectivity index (χ4n) is 2.24. The minimum Gasteiger partial charge on any atom is -0.497 e. The highest BCUT2D eigenvalue weighted by molar-refractivity contribution is 6.16. The third kappa shape index (κ3) is 2.40. The van der Waals surface area contributed by atoms with Crippen molar-refractivity contribution >= 4 is 22.8 Å².